The number of benzene rings is 1. The van der Waals surface area contributed by atoms with Crippen LogP contribution in [0.5, 0.6) is 0 Å². The number of hydrogen-bond donors (Lipinski definition) is 1. The molecule has 0 unspecified atom stereocenters. The maximum absolute atomic E-state index is 12.8. The first-order valence-corrected chi connectivity index (χ1v) is 8.24. The van der Waals surface area contributed by atoms with Crippen LogP contribution in [0.25, 0.3) is 0 Å². The number of piperazine rings is 1. The number of nitrogens with one attached hydrogen (secondary N) is 1. The van der Waals surface area contributed by atoms with E-state index in [4.69, 9.17) is 4.74 Å². The van der Waals surface area contributed by atoms with Crippen molar-refractivity contribution >= 4 is 17.7 Å². The fraction of sp³-hybridized carbons (Fsp3) is 0.556. The van der Waals surface area contributed by atoms with Gasteiger partial charge in [0, 0.05) is 37.4 Å². The first-order chi connectivity index (χ1) is 11.2. The van der Waals surface area contributed by atoms with Crippen LogP contribution in [0, 0.1) is 6.92 Å². The third kappa shape index (κ3) is 4.96. The van der Waals surface area contributed by atoms with Crippen molar-refractivity contribution < 1.29 is 14.3 Å². The summed E-state index contributed by atoms with van der Waals surface area (Å²) in [6.45, 7) is 10.5. The van der Waals surface area contributed by atoms with Crippen LogP contribution < -0.4 is 5.32 Å². The zero-order valence-corrected chi connectivity index (χ0v) is 15.2. The van der Waals surface area contributed by atoms with E-state index in [1.165, 1.54) is 0 Å². The number of likely N-dealkylation sites (N-methyl/N-ethyl adjacent to an activating group) is 1. The fourth-order valence-corrected chi connectivity index (χ4v) is 2.53. The normalized spacial score (nSPS) is 16.0. The number of aryl methyl sites for hydroxylation is 1. The highest BCUT2D eigenvalue weighted by Gasteiger charge is 2.22. The van der Waals surface area contributed by atoms with Crippen LogP contribution in [-0.4, -0.2) is 60.6 Å². The Labute approximate surface area is 143 Å². The van der Waals surface area contributed by atoms with E-state index in [9.17, 15) is 9.59 Å². The summed E-state index contributed by atoms with van der Waals surface area (Å²) in [5.41, 5.74) is 1.52. The number of rotatable bonds is 2. The van der Waals surface area contributed by atoms with Gasteiger partial charge in [-0.15, -0.1) is 0 Å². The summed E-state index contributed by atoms with van der Waals surface area (Å²) < 4.78 is 5.25. The van der Waals surface area contributed by atoms with Crippen LogP contribution in [0.4, 0.5) is 10.5 Å². The Balaban J connectivity index is 2.10. The van der Waals surface area contributed by atoms with Crippen molar-refractivity contribution in [2.75, 3.05) is 38.5 Å². The highest BCUT2D eigenvalue weighted by Crippen LogP contribution is 2.19. The molecule has 1 aliphatic rings. The minimum Gasteiger partial charge on any atom is -0.444 e. The summed E-state index contributed by atoms with van der Waals surface area (Å²) in [5, 5.41) is 2.69. The highest BCUT2D eigenvalue weighted by molar-refractivity contribution is 5.97. The summed E-state index contributed by atoms with van der Waals surface area (Å²) in [7, 11) is 2.05. The molecular weight excluding hydrogens is 306 g/mol. The van der Waals surface area contributed by atoms with Crippen molar-refractivity contribution in [2.45, 2.75) is 33.3 Å². The molecule has 0 bridgehead atoms. The first kappa shape index (κ1) is 18.3. The van der Waals surface area contributed by atoms with Gasteiger partial charge in [0.05, 0.1) is 0 Å². The first-order valence-electron chi connectivity index (χ1n) is 8.24. The molecule has 24 heavy (non-hydrogen) atoms. The summed E-state index contributed by atoms with van der Waals surface area (Å²) in [5.74, 6) is 0.00781. The van der Waals surface area contributed by atoms with E-state index in [0.717, 1.165) is 31.7 Å². The van der Waals surface area contributed by atoms with Gasteiger partial charge in [0.2, 0.25) is 0 Å². The molecule has 1 saturated heterocycles. The zero-order valence-electron chi connectivity index (χ0n) is 15.2. The zero-order chi connectivity index (χ0) is 17.9. The third-order valence-electron chi connectivity index (χ3n) is 3.90. The number of carbonyl (C=O) groups is 2. The second-order valence-corrected chi connectivity index (χ2v) is 7.25. The molecule has 1 N–H and O–H groups in total. The van der Waals surface area contributed by atoms with Gasteiger partial charge in [-0.05, 0) is 52.4 Å². The van der Waals surface area contributed by atoms with E-state index in [1.807, 2.05) is 38.7 Å². The predicted molar refractivity (Wildman–Crippen MR) is 94.4 cm³/mol. The average molecular weight is 333 g/mol. The van der Waals surface area contributed by atoms with Crippen molar-refractivity contribution in [3.8, 4) is 0 Å². The van der Waals surface area contributed by atoms with Crippen LogP contribution in [0.2, 0.25) is 0 Å². The van der Waals surface area contributed by atoms with Crippen molar-refractivity contribution in [2.24, 2.45) is 0 Å². The maximum Gasteiger partial charge on any atom is 0.412 e. The highest BCUT2D eigenvalue weighted by atomic mass is 16.6. The van der Waals surface area contributed by atoms with Gasteiger partial charge in [0.15, 0.2) is 0 Å². The Bertz CT molecular complexity index is 614. The summed E-state index contributed by atoms with van der Waals surface area (Å²) in [6.07, 6.45) is -0.524. The fourth-order valence-electron chi connectivity index (χ4n) is 2.53. The van der Waals surface area contributed by atoms with Crippen LogP contribution in [0.3, 0.4) is 0 Å². The van der Waals surface area contributed by atoms with Gasteiger partial charge in [0.25, 0.3) is 5.91 Å². The number of ether oxygens (including phenoxy) is 1. The number of amides is 2. The maximum atomic E-state index is 12.8. The van der Waals surface area contributed by atoms with Gasteiger partial charge < -0.3 is 14.5 Å². The summed E-state index contributed by atoms with van der Waals surface area (Å²) in [4.78, 5) is 28.7. The lowest BCUT2D eigenvalue weighted by Crippen LogP contribution is -2.47. The van der Waals surface area contributed by atoms with E-state index < -0.39 is 11.7 Å². The Morgan fingerprint density at radius 2 is 1.75 bits per heavy atom. The number of anilines is 1. The molecule has 0 aromatic heterocycles. The third-order valence-corrected chi connectivity index (χ3v) is 3.90. The number of carbonyl (C=O) groups excluding carboxylic acids is 2. The molecule has 1 aliphatic heterocycles. The molecule has 0 atom stereocenters. The number of nitrogens with zero attached hydrogens (tertiary/aromatic N) is 2. The number of hydrogen-bond acceptors (Lipinski definition) is 4. The molecule has 1 heterocycles. The molecule has 0 radical (unpaired) electrons. The smallest absolute Gasteiger partial charge is 0.412 e. The van der Waals surface area contributed by atoms with Crippen molar-refractivity contribution in [3.05, 3.63) is 29.3 Å². The molecule has 6 heteroatoms. The molecule has 1 aromatic rings. The van der Waals surface area contributed by atoms with Gasteiger partial charge in [-0.1, -0.05) is 6.07 Å². The quantitative estimate of drug-likeness (QED) is 0.904. The van der Waals surface area contributed by atoms with Crippen molar-refractivity contribution in [1.29, 1.82) is 0 Å². The molecule has 132 valence electrons. The van der Waals surface area contributed by atoms with Gasteiger partial charge >= 0.3 is 6.09 Å². The molecule has 1 fully saturated rings. The van der Waals surface area contributed by atoms with E-state index in [1.54, 1.807) is 12.1 Å². The molecule has 0 aliphatic carbocycles. The molecular formula is C18H27N3O3. The average Bonchev–Trinajstić information content (AvgIpc) is 2.47. The van der Waals surface area contributed by atoms with E-state index in [0.29, 0.717) is 11.3 Å². The van der Waals surface area contributed by atoms with E-state index >= 15 is 0 Å². The molecule has 0 spiro atoms. The van der Waals surface area contributed by atoms with Gasteiger partial charge in [-0.25, -0.2) is 4.79 Å². The standard InChI is InChI=1S/C18H27N3O3/c1-13-6-7-14(19-17(23)24-18(2,3)4)12-15(13)16(22)21-10-8-20(5)9-11-21/h6-7,12H,8-11H2,1-5H3,(H,19,23). The van der Waals surface area contributed by atoms with Crippen LogP contribution >= 0.6 is 0 Å². The minimum atomic E-state index is -0.562. The SMILES string of the molecule is Cc1ccc(NC(=O)OC(C)(C)C)cc1C(=O)N1CCN(C)CC1. The molecule has 6 nitrogen and oxygen atoms in total. The lowest BCUT2D eigenvalue weighted by molar-refractivity contribution is 0.0631. The van der Waals surface area contributed by atoms with Gasteiger partial charge in [0.1, 0.15) is 5.60 Å². The lowest BCUT2D eigenvalue weighted by Gasteiger charge is -2.32. The second kappa shape index (κ2) is 7.21. The van der Waals surface area contributed by atoms with Crippen LogP contribution in [-0.2, 0) is 4.74 Å². The monoisotopic (exact) mass is 333 g/mol. The Kier molecular flexibility index (Phi) is 5.49. The Hall–Kier alpha value is -2.08. The van der Waals surface area contributed by atoms with Crippen LogP contribution in [0.1, 0.15) is 36.7 Å². The van der Waals surface area contributed by atoms with Gasteiger partial charge in [-0.2, -0.15) is 0 Å². The molecule has 2 amide bonds. The molecule has 1 aromatic carbocycles. The van der Waals surface area contributed by atoms with Crippen LogP contribution in [0.15, 0.2) is 18.2 Å². The van der Waals surface area contributed by atoms with Crippen molar-refractivity contribution in [1.82, 2.24) is 9.80 Å². The lowest BCUT2D eigenvalue weighted by atomic mass is 10.1. The minimum absolute atomic E-state index is 0.00781. The van der Waals surface area contributed by atoms with Crippen molar-refractivity contribution in [3.63, 3.8) is 0 Å². The largest absolute Gasteiger partial charge is 0.444 e. The Morgan fingerprint density at radius 3 is 2.33 bits per heavy atom. The molecule has 0 saturated carbocycles. The second-order valence-electron chi connectivity index (χ2n) is 7.25. The summed E-state index contributed by atoms with van der Waals surface area (Å²) >= 11 is 0. The predicted octanol–water partition coefficient (Wildman–Crippen LogP) is 2.73. The topological polar surface area (TPSA) is 61.9 Å². The Morgan fingerprint density at radius 1 is 1.12 bits per heavy atom. The molecule has 2 rings (SSSR count). The van der Waals surface area contributed by atoms with E-state index in [2.05, 4.69) is 17.3 Å². The summed E-state index contributed by atoms with van der Waals surface area (Å²) in [6, 6.07) is 5.34. The van der Waals surface area contributed by atoms with E-state index in [-0.39, 0.29) is 5.91 Å². The van der Waals surface area contributed by atoms with Gasteiger partial charge in [-0.3, -0.25) is 10.1 Å².